The Morgan fingerprint density at radius 3 is 2.27 bits per heavy atom. The average molecular weight is 208 g/mol. The minimum atomic E-state index is 0.618. The Morgan fingerprint density at radius 2 is 1.53 bits per heavy atom. The molecule has 15 heavy (non-hydrogen) atoms. The van der Waals surface area contributed by atoms with E-state index in [1.54, 1.807) is 0 Å². The molecule has 0 N–H and O–H groups in total. The smallest absolute Gasteiger partial charge is 0.0323 e. The largest absolute Gasteiger partial charge is 0.0599 e. The fourth-order valence-electron chi connectivity index (χ4n) is 4.33. The fourth-order valence-corrected chi connectivity index (χ4v) is 4.33. The molecule has 0 saturated heterocycles. The van der Waals surface area contributed by atoms with Crippen LogP contribution in [0, 0.1) is 22.7 Å². The second kappa shape index (κ2) is 3.79. The van der Waals surface area contributed by atoms with Crippen molar-refractivity contribution in [3.05, 3.63) is 0 Å². The van der Waals surface area contributed by atoms with Crippen molar-refractivity contribution >= 4 is 0 Å². The van der Waals surface area contributed by atoms with Crippen molar-refractivity contribution in [2.45, 2.75) is 72.6 Å². The summed E-state index contributed by atoms with van der Waals surface area (Å²) >= 11 is 0. The Kier molecular flexibility index (Phi) is 2.90. The second-order valence-electron chi connectivity index (χ2n) is 7.51. The Labute approximate surface area is 95.8 Å². The molecule has 0 aliphatic heterocycles. The minimum Gasteiger partial charge on any atom is -0.0599 e. The van der Waals surface area contributed by atoms with E-state index in [0.717, 1.165) is 11.8 Å². The van der Waals surface area contributed by atoms with Gasteiger partial charge in [0, 0.05) is 0 Å². The van der Waals surface area contributed by atoms with E-state index in [1.807, 2.05) is 0 Å². The van der Waals surface area contributed by atoms with Gasteiger partial charge in [0.05, 0.1) is 0 Å². The molecule has 88 valence electrons. The van der Waals surface area contributed by atoms with E-state index in [2.05, 4.69) is 27.7 Å². The van der Waals surface area contributed by atoms with Gasteiger partial charge in [0.1, 0.15) is 0 Å². The maximum absolute atomic E-state index is 2.52. The summed E-state index contributed by atoms with van der Waals surface area (Å²) in [5, 5.41) is 0. The van der Waals surface area contributed by atoms with Gasteiger partial charge in [0.25, 0.3) is 0 Å². The summed E-state index contributed by atoms with van der Waals surface area (Å²) in [4.78, 5) is 0. The fraction of sp³-hybridized carbons (Fsp3) is 1.00. The second-order valence-corrected chi connectivity index (χ2v) is 7.51. The van der Waals surface area contributed by atoms with Crippen LogP contribution in [0.15, 0.2) is 0 Å². The van der Waals surface area contributed by atoms with Gasteiger partial charge in [0.2, 0.25) is 0 Å². The first kappa shape index (κ1) is 11.5. The van der Waals surface area contributed by atoms with Crippen molar-refractivity contribution in [3.8, 4) is 0 Å². The maximum atomic E-state index is 2.52. The van der Waals surface area contributed by atoms with Crippen molar-refractivity contribution in [3.63, 3.8) is 0 Å². The molecule has 0 aromatic heterocycles. The van der Waals surface area contributed by atoms with Gasteiger partial charge in [-0.3, -0.25) is 0 Å². The van der Waals surface area contributed by atoms with Crippen molar-refractivity contribution in [1.29, 1.82) is 0 Å². The van der Waals surface area contributed by atoms with E-state index in [0.29, 0.717) is 10.8 Å². The summed E-state index contributed by atoms with van der Waals surface area (Å²) in [6.45, 7) is 10.00. The average Bonchev–Trinajstić information content (AvgIpc) is 2.22. The zero-order valence-electron chi connectivity index (χ0n) is 11.1. The molecule has 0 spiro atoms. The molecule has 0 amide bonds. The van der Waals surface area contributed by atoms with Crippen LogP contribution in [0.2, 0.25) is 0 Å². The summed E-state index contributed by atoms with van der Waals surface area (Å²) in [6, 6.07) is 0. The molecule has 2 fully saturated rings. The topological polar surface area (TPSA) is 0 Å². The van der Waals surface area contributed by atoms with E-state index in [4.69, 9.17) is 0 Å². The number of hydrogen-bond donors (Lipinski definition) is 0. The molecule has 0 bridgehead atoms. The molecule has 0 aromatic rings. The Bertz CT molecular complexity index is 224. The first-order valence-electron chi connectivity index (χ1n) is 6.91. The van der Waals surface area contributed by atoms with Gasteiger partial charge >= 0.3 is 0 Å². The third kappa shape index (κ3) is 2.40. The van der Waals surface area contributed by atoms with E-state index in [9.17, 15) is 0 Å². The highest BCUT2D eigenvalue weighted by atomic mass is 14.5. The van der Waals surface area contributed by atoms with Gasteiger partial charge in [0.15, 0.2) is 0 Å². The van der Waals surface area contributed by atoms with Gasteiger partial charge in [-0.25, -0.2) is 0 Å². The lowest BCUT2D eigenvalue weighted by molar-refractivity contribution is 0.0570. The van der Waals surface area contributed by atoms with Crippen molar-refractivity contribution in [1.82, 2.24) is 0 Å². The van der Waals surface area contributed by atoms with E-state index in [1.165, 1.54) is 44.9 Å². The van der Waals surface area contributed by atoms with Gasteiger partial charge in [-0.05, 0) is 48.3 Å². The lowest BCUT2D eigenvalue weighted by Gasteiger charge is -2.44. The Balaban J connectivity index is 2.15. The van der Waals surface area contributed by atoms with Gasteiger partial charge in [-0.15, -0.1) is 0 Å². The van der Waals surface area contributed by atoms with Crippen molar-refractivity contribution < 1.29 is 0 Å². The summed E-state index contributed by atoms with van der Waals surface area (Å²) in [6.07, 6.45) is 10.4. The Morgan fingerprint density at radius 1 is 0.867 bits per heavy atom. The molecule has 2 rings (SSSR count). The van der Waals surface area contributed by atoms with Crippen LogP contribution in [0.5, 0.6) is 0 Å². The summed E-state index contributed by atoms with van der Waals surface area (Å²) in [5.41, 5.74) is 1.25. The molecule has 0 aromatic carbocycles. The lowest BCUT2D eigenvalue weighted by atomic mass is 9.61. The van der Waals surface area contributed by atoms with Crippen LogP contribution in [0.3, 0.4) is 0 Å². The third-order valence-corrected chi connectivity index (χ3v) is 5.15. The molecule has 2 aliphatic rings. The van der Waals surface area contributed by atoms with E-state index >= 15 is 0 Å². The highest BCUT2D eigenvalue weighted by molar-refractivity contribution is 4.92. The summed E-state index contributed by atoms with van der Waals surface area (Å²) in [5.74, 6) is 2.05. The molecular formula is C15H28. The van der Waals surface area contributed by atoms with Crippen LogP contribution in [0.1, 0.15) is 72.6 Å². The molecule has 0 radical (unpaired) electrons. The third-order valence-electron chi connectivity index (χ3n) is 5.15. The predicted molar refractivity (Wildman–Crippen MR) is 66.9 cm³/mol. The zero-order chi connectivity index (χ0) is 11.1. The van der Waals surface area contributed by atoms with E-state index < -0.39 is 0 Å². The van der Waals surface area contributed by atoms with Crippen LogP contribution in [0.4, 0.5) is 0 Å². The van der Waals surface area contributed by atoms with Crippen LogP contribution in [0.25, 0.3) is 0 Å². The number of hydrogen-bond acceptors (Lipinski definition) is 0. The highest BCUT2D eigenvalue weighted by Gasteiger charge is 2.42. The highest BCUT2D eigenvalue weighted by Crippen LogP contribution is 2.52. The molecule has 2 aliphatic carbocycles. The van der Waals surface area contributed by atoms with Gasteiger partial charge in [-0.2, -0.15) is 0 Å². The summed E-state index contributed by atoms with van der Waals surface area (Å²) in [7, 11) is 0. The number of rotatable bonds is 0. The SMILES string of the molecule is CC1(C)CCCC2C(CCCC2(C)C)C1. The normalized spacial score (nSPS) is 39.2. The monoisotopic (exact) mass is 208 g/mol. The first-order valence-corrected chi connectivity index (χ1v) is 6.91. The lowest BCUT2D eigenvalue weighted by Crippen LogP contribution is -2.35. The van der Waals surface area contributed by atoms with Gasteiger partial charge < -0.3 is 0 Å². The standard InChI is InChI=1S/C15H28/c1-14(2)9-6-8-13-12(11-14)7-5-10-15(13,3)4/h12-13H,5-11H2,1-4H3. The van der Waals surface area contributed by atoms with Crippen LogP contribution in [-0.2, 0) is 0 Å². The van der Waals surface area contributed by atoms with Crippen LogP contribution in [-0.4, -0.2) is 0 Å². The quantitative estimate of drug-likeness (QED) is 0.524. The molecule has 2 atom stereocenters. The zero-order valence-corrected chi connectivity index (χ0v) is 11.1. The molecule has 0 heterocycles. The van der Waals surface area contributed by atoms with Crippen LogP contribution >= 0.6 is 0 Å². The molecule has 2 saturated carbocycles. The summed E-state index contributed by atoms with van der Waals surface area (Å²) < 4.78 is 0. The molecule has 2 unspecified atom stereocenters. The minimum absolute atomic E-state index is 0.618. The molecule has 0 nitrogen and oxygen atoms in total. The van der Waals surface area contributed by atoms with Crippen molar-refractivity contribution in [2.75, 3.05) is 0 Å². The predicted octanol–water partition coefficient (Wildman–Crippen LogP) is 5.03. The van der Waals surface area contributed by atoms with Crippen molar-refractivity contribution in [2.24, 2.45) is 22.7 Å². The van der Waals surface area contributed by atoms with E-state index in [-0.39, 0.29) is 0 Å². The van der Waals surface area contributed by atoms with Gasteiger partial charge in [-0.1, -0.05) is 47.0 Å². The van der Waals surface area contributed by atoms with Crippen LogP contribution < -0.4 is 0 Å². The Hall–Kier alpha value is 0. The molecular weight excluding hydrogens is 180 g/mol. The number of fused-ring (bicyclic) bond motifs is 1. The molecule has 0 heteroatoms. The maximum Gasteiger partial charge on any atom is -0.0323 e. The first-order chi connectivity index (χ1) is 6.91.